The fourth-order valence-electron chi connectivity index (χ4n) is 2.19. The van der Waals surface area contributed by atoms with E-state index in [1.807, 2.05) is 25.1 Å². The minimum Gasteiger partial charge on any atom is -0.496 e. The summed E-state index contributed by atoms with van der Waals surface area (Å²) in [6.07, 6.45) is 3.58. The van der Waals surface area contributed by atoms with Gasteiger partial charge in [0.1, 0.15) is 5.75 Å². The molecule has 0 radical (unpaired) electrons. The van der Waals surface area contributed by atoms with Gasteiger partial charge >= 0.3 is 0 Å². The Bertz CT molecular complexity index is 496. The molecule has 0 bridgehead atoms. The number of carbonyl (C=O) groups is 1. The van der Waals surface area contributed by atoms with Crippen LogP contribution in [0.3, 0.4) is 0 Å². The Morgan fingerprint density at radius 2 is 2.32 bits per heavy atom. The van der Waals surface area contributed by atoms with Crippen LogP contribution in [-0.2, 0) is 4.79 Å². The van der Waals surface area contributed by atoms with Crippen LogP contribution in [0.5, 0.6) is 5.75 Å². The van der Waals surface area contributed by atoms with Crippen LogP contribution in [-0.4, -0.2) is 42.2 Å². The zero-order chi connectivity index (χ0) is 13.8. The average Bonchev–Trinajstić information content (AvgIpc) is 2.83. The number of rotatable bonds is 3. The molecule has 0 unspecified atom stereocenters. The highest BCUT2D eigenvalue weighted by atomic mass is 16.5. The smallest absolute Gasteiger partial charge is 0.246 e. The van der Waals surface area contributed by atoms with Crippen LogP contribution < -0.4 is 4.74 Å². The van der Waals surface area contributed by atoms with Gasteiger partial charge in [-0.1, -0.05) is 11.6 Å². The van der Waals surface area contributed by atoms with Gasteiger partial charge in [-0.05, 0) is 31.6 Å². The molecule has 2 rings (SSSR count). The van der Waals surface area contributed by atoms with E-state index in [2.05, 4.69) is 0 Å². The Morgan fingerprint density at radius 3 is 2.95 bits per heavy atom. The Balaban J connectivity index is 2.09. The lowest BCUT2D eigenvalue weighted by molar-refractivity contribution is -0.125. The molecular formula is C15H19NO3. The van der Waals surface area contributed by atoms with Crippen molar-refractivity contribution in [2.45, 2.75) is 19.4 Å². The minimum atomic E-state index is -0.383. The highest BCUT2D eigenvalue weighted by molar-refractivity contribution is 5.92. The molecule has 1 aromatic rings. The molecular weight excluding hydrogens is 242 g/mol. The van der Waals surface area contributed by atoms with Gasteiger partial charge in [-0.3, -0.25) is 4.79 Å². The topological polar surface area (TPSA) is 49.8 Å². The van der Waals surface area contributed by atoms with Crippen molar-refractivity contribution in [2.24, 2.45) is 0 Å². The molecule has 1 fully saturated rings. The number of hydrogen-bond donors (Lipinski definition) is 1. The molecule has 0 spiro atoms. The number of methoxy groups -OCH3 is 1. The Morgan fingerprint density at radius 1 is 1.53 bits per heavy atom. The predicted octanol–water partition coefficient (Wildman–Crippen LogP) is 1.61. The Hall–Kier alpha value is -1.81. The van der Waals surface area contributed by atoms with Crippen molar-refractivity contribution in [3.8, 4) is 5.75 Å². The number of ether oxygens (including phenoxy) is 1. The normalized spacial score (nSPS) is 19.1. The lowest BCUT2D eigenvalue weighted by Gasteiger charge is -2.12. The molecule has 1 heterocycles. The Kier molecular flexibility index (Phi) is 4.22. The highest BCUT2D eigenvalue weighted by Gasteiger charge is 2.22. The van der Waals surface area contributed by atoms with E-state index in [0.717, 1.165) is 16.9 Å². The molecule has 1 aliphatic rings. The third-order valence-corrected chi connectivity index (χ3v) is 3.27. The van der Waals surface area contributed by atoms with Gasteiger partial charge in [-0.2, -0.15) is 0 Å². The van der Waals surface area contributed by atoms with E-state index < -0.39 is 0 Å². The maximum absolute atomic E-state index is 11.9. The molecule has 0 aliphatic carbocycles. The monoisotopic (exact) mass is 261 g/mol. The van der Waals surface area contributed by atoms with Gasteiger partial charge in [0.05, 0.1) is 13.2 Å². The number of β-amino-alcohol motifs (C(OH)–C–C–N with tert-alkyl or cyclic N) is 1. The van der Waals surface area contributed by atoms with E-state index in [9.17, 15) is 9.90 Å². The molecule has 0 saturated carbocycles. The number of likely N-dealkylation sites (tertiary alicyclic amines) is 1. The van der Waals surface area contributed by atoms with Crippen LogP contribution >= 0.6 is 0 Å². The molecule has 0 aromatic heterocycles. The second kappa shape index (κ2) is 5.89. The number of nitrogens with zero attached hydrogens (tertiary/aromatic N) is 1. The first-order valence-electron chi connectivity index (χ1n) is 6.40. The fourth-order valence-corrected chi connectivity index (χ4v) is 2.19. The summed E-state index contributed by atoms with van der Waals surface area (Å²) >= 11 is 0. The number of carbonyl (C=O) groups excluding carboxylic acids is 1. The van der Waals surface area contributed by atoms with Crippen molar-refractivity contribution in [2.75, 3.05) is 20.2 Å². The summed E-state index contributed by atoms with van der Waals surface area (Å²) < 4.78 is 5.26. The van der Waals surface area contributed by atoms with Crippen molar-refractivity contribution < 1.29 is 14.6 Å². The van der Waals surface area contributed by atoms with Crippen molar-refractivity contribution in [3.63, 3.8) is 0 Å². The van der Waals surface area contributed by atoms with Gasteiger partial charge in [-0.15, -0.1) is 0 Å². The number of hydrogen-bond acceptors (Lipinski definition) is 3. The molecule has 1 amide bonds. The van der Waals surface area contributed by atoms with E-state index in [-0.39, 0.29) is 12.0 Å². The third kappa shape index (κ3) is 3.35. The molecule has 1 aliphatic heterocycles. The van der Waals surface area contributed by atoms with E-state index in [4.69, 9.17) is 4.74 Å². The molecule has 102 valence electrons. The summed E-state index contributed by atoms with van der Waals surface area (Å²) in [6, 6.07) is 5.83. The second-order valence-electron chi connectivity index (χ2n) is 4.81. The van der Waals surface area contributed by atoms with Crippen LogP contribution in [0.1, 0.15) is 17.5 Å². The summed E-state index contributed by atoms with van der Waals surface area (Å²) in [5.41, 5.74) is 2.00. The average molecular weight is 261 g/mol. The summed E-state index contributed by atoms with van der Waals surface area (Å²) in [5.74, 6) is 0.677. The van der Waals surface area contributed by atoms with Crippen molar-refractivity contribution >= 4 is 12.0 Å². The molecule has 1 N–H and O–H groups in total. The number of aliphatic hydroxyl groups excluding tert-OH is 1. The van der Waals surface area contributed by atoms with Crippen LogP contribution in [0.4, 0.5) is 0 Å². The van der Waals surface area contributed by atoms with Crippen molar-refractivity contribution in [1.29, 1.82) is 0 Å². The minimum absolute atomic E-state index is 0.0693. The quantitative estimate of drug-likeness (QED) is 0.841. The second-order valence-corrected chi connectivity index (χ2v) is 4.81. The van der Waals surface area contributed by atoms with Gasteiger partial charge in [0.25, 0.3) is 0 Å². The third-order valence-electron chi connectivity index (χ3n) is 3.27. The summed E-state index contributed by atoms with van der Waals surface area (Å²) in [4.78, 5) is 13.6. The van der Waals surface area contributed by atoms with Gasteiger partial charge in [-0.25, -0.2) is 0 Å². The van der Waals surface area contributed by atoms with Crippen LogP contribution in [0.2, 0.25) is 0 Å². The van der Waals surface area contributed by atoms with Crippen LogP contribution in [0, 0.1) is 6.92 Å². The summed E-state index contributed by atoms with van der Waals surface area (Å²) in [7, 11) is 1.61. The number of aliphatic hydroxyl groups is 1. The number of benzene rings is 1. The van der Waals surface area contributed by atoms with Gasteiger partial charge < -0.3 is 14.7 Å². The van der Waals surface area contributed by atoms with E-state index in [1.165, 1.54) is 6.08 Å². The number of aryl methyl sites for hydroxylation is 1. The van der Waals surface area contributed by atoms with Crippen molar-refractivity contribution in [1.82, 2.24) is 4.90 Å². The zero-order valence-electron chi connectivity index (χ0n) is 11.3. The first-order valence-corrected chi connectivity index (χ1v) is 6.40. The van der Waals surface area contributed by atoms with Crippen LogP contribution in [0.15, 0.2) is 24.3 Å². The van der Waals surface area contributed by atoms with Gasteiger partial charge in [0, 0.05) is 24.7 Å². The number of amides is 1. The standard InChI is InChI=1S/C15H19NO3/c1-11-3-5-14(19-2)12(9-11)4-6-15(18)16-8-7-13(17)10-16/h3-6,9,13,17H,7-8,10H2,1-2H3/t13-/m0/s1. The summed E-state index contributed by atoms with van der Waals surface area (Å²) in [6.45, 7) is 3.04. The molecule has 19 heavy (non-hydrogen) atoms. The van der Waals surface area contributed by atoms with Crippen molar-refractivity contribution in [3.05, 3.63) is 35.4 Å². The maximum atomic E-state index is 11.9. The summed E-state index contributed by atoms with van der Waals surface area (Å²) in [5, 5.41) is 9.41. The Labute approximate surface area is 113 Å². The lowest BCUT2D eigenvalue weighted by Crippen LogP contribution is -2.27. The van der Waals surface area contributed by atoms with Crippen LogP contribution in [0.25, 0.3) is 6.08 Å². The van der Waals surface area contributed by atoms with Gasteiger partial charge in [0.15, 0.2) is 0 Å². The molecule has 4 heteroatoms. The highest BCUT2D eigenvalue weighted by Crippen LogP contribution is 2.21. The largest absolute Gasteiger partial charge is 0.496 e. The predicted molar refractivity (Wildman–Crippen MR) is 74.0 cm³/mol. The van der Waals surface area contributed by atoms with E-state index in [1.54, 1.807) is 18.1 Å². The molecule has 4 nitrogen and oxygen atoms in total. The van der Waals surface area contributed by atoms with E-state index in [0.29, 0.717) is 19.5 Å². The SMILES string of the molecule is COc1ccc(C)cc1C=CC(=O)N1CC[C@H](O)C1. The zero-order valence-corrected chi connectivity index (χ0v) is 11.3. The fraction of sp³-hybridized carbons (Fsp3) is 0.400. The van der Waals surface area contributed by atoms with Gasteiger partial charge in [0.2, 0.25) is 5.91 Å². The first-order chi connectivity index (χ1) is 9.10. The molecule has 1 aromatic carbocycles. The maximum Gasteiger partial charge on any atom is 0.246 e. The lowest BCUT2D eigenvalue weighted by atomic mass is 10.1. The molecule has 1 saturated heterocycles. The van der Waals surface area contributed by atoms with E-state index >= 15 is 0 Å². The molecule has 1 atom stereocenters. The first kappa shape index (κ1) is 13.6.